The molecule has 0 saturated heterocycles. The molecule has 0 spiro atoms. The minimum Gasteiger partial charge on any atom is -0.374 e. The van der Waals surface area contributed by atoms with Gasteiger partial charge in [0.15, 0.2) is 0 Å². The fraction of sp³-hybridized carbons (Fsp3) is 0.182. The highest BCUT2D eigenvalue weighted by atomic mass is 35.5. The highest BCUT2D eigenvalue weighted by molar-refractivity contribution is 7.16. The van der Waals surface area contributed by atoms with Crippen LogP contribution in [0.25, 0.3) is 0 Å². The summed E-state index contributed by atoms with van der Waals surface area (Å²) in [5, 5.41) is 11.2. The van der Waals surface area contributed by atoms with Crippen molar-refractivity contribution in [3.63, 3.8) is 0 Å². The fourth-order valence-corrected chi connectivity index (χ4v) is 2.16. The standard InChI is InChI=1S/C11H11ClN4OS/c1-6(7-3-2-4-8(12)5-7)14-9(17)10-15-16-11(13)18-10/h2-6H,1H3,(H2,13,16)(H,14,17). The van der Waals surface area contributed by atoms with Crippen molar-refractivity contribution in [1.82, 2.24) is 15.5 Å². The molecule has 18 heavy (non-hydrogen) atoms. The SMILES string of the molecule is CC(NC(=O)c1nnc(N)s1)c1cccc(Cl)c1. The Kier molecular flexibility index (Phi) is 3.78. The quantitative estimate of drug-likeness (QED) is 0.905. The van der Waals surface area contributed by atoms with Gasteiger partial charge in [-0.05, 0) is 24.6 Å². The van der Waals surface area contributed by atoms with E-state index in [0.29, 0.717) is 5.02 Å². The first-order chi connectivity index (χ1) is 8.56. The highest BCUT2D eigenvalue weighted by Crippen LogP contribution is 2.18. The van der Waals surface area contributed by atoms with Crippen LogP contribution in [-0.4, -0.2) is 16.1 Å². The summed E-state index contributed by atoms with van der Waals surface area (Å²) < 4.78 is 0. The molecule has 0 fully saturated rings. The topological polar surface area (TPSA) is 80.9 Å². The van der Waals surface area contributed by atoms with Crippen LogP contribution in [0.1, 0.15) is 28.3 Å². The molecule has 0 aliphatic heterocycles. The molecular weight excluding hydrogens is 272 g/mol. The summed E-state index contributed by atoms with van der Waals surface area (Å²) >= 11 is 6.95. The van der Waals surface area contributed by atoms with Gasteiger partial charge < -0.3 is 11.1 Å². The van der Waals surface area contributed by atoms with Crippen LogP contribution in [0, 0.1) is 0 Å². The number of aromatic nitrogens is 2. The molecule has 0 radical (unpaired) electrons. The molecule has 0 aliphatic rings. The summed E-state index contributed by atoms with van der Waals surface area (Å²) in [7, 11) is 0. The van der Waals surface area contributed by atoms with Crippen molar-refractivity contribution in [2.75, 3.05) is 5.73 Å². The molecule has 1 amide bonds. The molecule has 1 aromatic carbocycles. The first kappa shape index (κ1) is 12.8. The van der Waals surface area contributed by atoms with Gasteiger partial charge in [-0.25, -0.2) is 0 Å². The molecule has 1 atom stereocenters. The van der Waals surface area contributed by atoms with Crippen molar-refractivity contribution >= 4 is 34.0 Å². The Bertz CT molecular complexity index is 572. The second-order valence-corrected chi connectivity index (χ2v) is 5.14. The third-order valence-corrected chi connectivity index (χ3v) is 3.32. The smallest absolute Gasteiger partial charge is 0.282 e. The summed E-state index contributed by atoms with van der Waals surface area (Å²) in [6.07, 6.45) is 0. The van der Waals surface area contributed by atoms with E-state index in [4.69, 9.17) is 17.3 Å². The van der Waals surface area contributed by atoms with Gasteiger partial charge in [0.2, 0.25) is 10.1 Å². The number of nitrogen functional groups attached to an aromatic ring is 1. The van der Waals surface area contributed by atoms with Crippen LogP contribution in [-0.2, 0) is 0 Å². The number of amides is 1. The Hall–Kier alpha value is -1.66. The van der Waals surface area contributed by atoms with E-state index in [9.17, 15) is 4.79 Å². The molecule has 3 N–H and O–H groups in total. The normalized spacial score (nSPS) is 12.1. The summed E-state index contributed by atoms with van der Waals surface area (Å²) in [5.41, 5.74) is 6.35. The van der Waals surface area contributed by atoms with Crippen LogP contribution in [0.3, 0.4) is 0 Å². The summed E-state index contributed by atoms with van der Waals surface area (Å²) in [5.74, 6) is -0.295. The van der Waals surface area contributed by atoms with Crippen molar-refractivity contribution < 1.29 is 4.79 Å². The van der Waals surface area contributed by atoms with Crippen LogP contribution in [0.4, 0.5) is 5.13 Å². The van der Waals surface area contributed by atoms with E-state index < -0.39 is 0 Å². The maximum absolute atomic E-state index is 11.8. The molecule has 1 unspecified atom stereocenters. The number of nitrogens with one attached hydrogen (secondary N) is 1. The third-order valence-electron chi connectivity index (χ3n) is 2.33. The fourth-order valence-electron chi connectivity index (χ4n) is 1.44. The lowest BCUT2D eigenvalue weighted by Gasteiger charge is -2.13. The van der Waals surface area contributed by atoms with Crippen LogP contribution in [0.15, 0.2) is 24.3 Å². The molecule has 0 aliphatic carbocycles. The lowest BCUT2D eigenvalue weighted by molar-refractivity contribution is 0.0939. The van der Waals surface area contributed by atoms with Crippen LogP contribution in [0.5, 0.6) is 0 Å². The molecule has 5 nitrogen and oxygen atoms in total. The van der Waals surface area contributed by atoms with Gasteiger partial charge in [0.1, 0.15) is 0 Å². The molecule has 7 heteroatoms. The van der Waals surface area contributed by atoms with Crippen LogP contribution >= 0.6 is 22.9 Å². The Balaban J connectivity index is 2.07. The first-order valence-corrected chi connectivity index (χ1v) is 6.41. The maximum Gasteiger partial charge on any atom is 0.282 e. The van der Waals surface area contributed by atoms with Gasteiger partial charge in [-0.15, -0.1) is 10.2 Å². The van der Waals surface area contributed by atoms with E-state index in [1.807, 2.05) is 19.1 Å². The summed E-state index contributed by atoms with van der Waals surface area (Å²) in [6.45, 7) is 1.87. The van der Waals surface area contributed by atoms with Crippen molar-refractivity contribution in [3.8, 4) is 0 Å². The van der Waals surface area contributed by atoms with Crippen molar-refractivity contribution in [1.29, 1.82) is 0 Å². The van der Waals surface area contributed by atoms with E-state index in [2.05, 4.69) is 15.5 Å². The molecule has 2 aromatic rings. The molecule has 1 aromatic heterocycles. The van der Waals surface area contributed by atoms with Gasteiger partial charge in [-0.3, -0.25) is 4.79 Å². The van der Waals surface area contributed by atoms with Gasteiger partial charge >= 0.3 is 0 Å². The van der Waals surface area contributed by atoms with Crippen LogP contribution < -0.4 is 11.1 Å². The number of nitrogens with two attached hydrogens (primary N) is 1. The zero-order chi connectivity index (χ0) is 13.1. The molecule has 1 heterocycles. The number of nitrogens with zero attached hydrogens (tertiary/aromatic N) is 2. The Morgan fingerprint density at radius 2 is 2.28 bits per heavy atom. The number of anilines is 1. The summed E-state index contributed by atoms with van der Waals surface area (Å²) in [4.78, 5) is 11.8. The lowest BCUT2D eigenvalue weighted by atomic mass is 10.1. The average Bonchev–Trinajstić information content (AvgIpc) is 2.76. The molecule has 94 valence electrons. The van der Waals surface area contributed by atoms with Gasteiger partial charge in [-0.1, -0.05) is 35.1 Å². The number of hydrogen-bond donors (Lipinski definition) is 2. The van der Waals surface area contributed by atoms with Gasteiger partial charge in [0.05, 0.1) is 6.04 Å². The van der Waals surface area contributed by atoms with Crippen molar-refractivity contribution in [3.05, 3.63) is 39.9 Å². The lowest BCUT2D eigenvalue weighted by Crippen LogP contribution is -2.26. The second-order valence-electron chi connectivity index (χ2n) is 3.70. The maximum atomic E-state index is 11.8. The number of carbonyl (C=O) groups is 1. The van der Waals surface area contributed by atoms with Gasteiger partial charge in [0.25, 0.3) is 5.91 Å². The molecule has 0 saturated carbocycles. The predicted molar refractivity (Wildman–Crippen MR) is 71.7 cm³/mol. The number of halogens is 1. The van der Waals surface area contributed by atoms with Crippen LogP contribution in [0.2, 0.25) is 5.02 Å². The minimum absolute atomic E-state index is 0.165. The third kappa shape index (κ3) is 2.96. The number of rotatable bonds is 3. The van der Waals surface area contributed by atoms with Gasteiger partial charge in [0, 0.05) is 5.02 Å². The van der Waals surface area contributed by atoms with Crippen molar-refractivity contribution in [2.45, 2.75) is 13.0 Å². The number of benzene rings is 1. The zero-order valence-corrected chi connectivity index (χ0v) is 11.1. The Morgan fingerprint density at radius 1 is 1.50 bits per heavy atom. The second kappa shape index (κ2) is 5.32. The molecule has 2 rings (SSSR count). The number of carbonyl (C=O) groups excluding carboxylic acids is 1. The van der Waals surface area contributed by atoms with E-state index >= 15 is 0 Å². The van der Waals surface area contributed by atoms with Crippen molar-refractivity contribution in [2.24, 2.45) is 0 Å². The van der Waals surface area contributed by atoms with E-state index in [1.54, 1.807) is 12.1 Å². The van der Waals surface area contributed by atoms with E-state index in [0.717, 1.165) is 16.9 Å². The first-order valence-electron chi connectivity index (χ1n) is 5.21. The Labute approximate surface area is 113 Å². The monoisotopic (exact) mass is 282 g/mol. The Morgan fingerprint density at radius 3 is 2.89 bits per heavy atom. The minimum atomic E-state index is -0.295. The van der Waals surface area contributed by atoms with E-state index in [-0.39, 0.29) is 22.1 Å². The largest absolute Gasteiger partial charge is 0.374 e. The van der Waals surface area contributed by atoms with E-state index in [1.165, 1.54) is 0 Å². The predicted octanol–water partition coefficient (Wildman–Crippen LogP) is 2.26. The van der Waals surface area contributed by atoms with Gasteiger partial charge in [-0.2, -0.15) is 0 Å². The highest BCUT2D eigenvalue weighted by Gasteiger charge is 2.15. The number of hydrogen-bond acceptors (Lipinski definition) is 5. The summed E-state index contributed by atoms with van der Waals surface area (Å²) in [6, 6.07) is 7.15. The zero-order valence-electron chi connectivity index (χ0n) is 9.55. The average molecular weight is 283 g/mol. The molecule has 0 bridgehead atoms. The molecular formula is C11H11ClN4OS.